The molecule has 0 spiro atoms. The molecule has 7 heteroatoms. The van der Waals surface area contributed by atoms with Gasteiger partial charge in [0.05, 0.1) is 4.99 Å². The van der Waals surface area contributed by atoms with Gasteiger partial charge in [-0.3, -0.25) is 9.59 Å². The number of Topliss-reactive ketones (excluding diaryl/α,β-unsaturated/α-hetero) is 1. The number of unbranched alkanes of at least 4 members (excludes halogenated alkanes) is 2. The molecule has 170 valence electrons. The van der Waals surface area contributed by atoms with Crippen LogP contribution in [0.4, 0.5) is 0 Å². The van der Waals surface area contributed by atoms with Crippen molar-refractivity contribution in [3.63, 3.8) is 0 Å². The molecule has 0 aliphatic rings. The van der Waals surface area contributed by atoms with E-state index in [1.165, 1.54) is 6.42 Å². The van der Waals surface area contributed by atoms with E-state index in [1.54, 1.807) is 0 Å². The zero-order valence-electron chi connectivity index (χ0n) is 19.8. The third-order valence-corrected chi connectivity index (χ3v) is 6.47. The maximum atomic E-state index is 12.7. The van der Waals surface area contributed by atoms with E-state index in [9.17, 15) is 9.59 Å². The summed E-state index contributed by atoms with van der Waals surface area (Å²) in [6.07, 6.45) is 4.25. The van der Waals surface area contributed by atoms with E-state index in [-0.39, 0.29) is 18.1 Å². The zero-order valence-corrected chi connectivity index (χ0v) is 21.4. The molecular formula is C22H43N3O2S2. The molecule has 0 saturated carbocycles. The molecule has 1 atom stereocenters. The molecule has 29 heavy (non-hydrogen) atoms. The van der Waals surface area contributed by atoms with Gasteiger partial charge in [0.2, 0.25) is 5.91 Å². The normalized spacial score (nSPS) is 13.1. The number of thioether (sulfide) groups is 1. The topological polar surface area (TPSA) is 61.4 Å². The van der Waals surface area contributed by atoms with Crippen molar-refractivity contribution in [2.24, 2.45) is 5.41 Å². The molecule has 0 aliphatic heterocycles. The molecular weight excluding hydrogens is 402 g/mol. The van der Waals surface area contributed by atoms with Crippen LogP contribution in [0.2, 0.25) is 0 Å². The second kappa shape index (κ2) is 13.6. The van der Waals surface area contributed by atoms with Crippen LogP contribution in [0.5, 0.6) is 0 Å². The molecule has 1 unspecified atom stereocenters. The van der Waals surface area contributed by atoms with E-state index >= 15 is 0 Å². The number of likely N-dealkylation sites (N-methyl/N-ethyl adjacent to an activating group) is 2. The SMILES string of the molecule is CNCCNC(=O)C(CC(=O)C(C)(C)C)N(C)C(=S)CCCCCSC(C)(C)C. The highest BCUT2D eigenvalue weighted by Gasteiger charge is 2.31. The lowest BCUT2D eigenvalue weighted by Crippen LogP contribution is -2.50. The lowest BCUT2D eigenvalue weighted by molar-refractivity contribution is -0.132. The van der Waals surface area contributed by atoms with Crippen LogP contribution in [0.25, 0.3) is 0 Å². The summed E-state index contributed by atoms with van der Waals surface area (Å²) >= 11 is 7.60. The Hall–Kier alpha value is -0.660. The quantitative estimate of drug-likeness (QED) is 0.329. The largest absolute Gasteiger partial charge is 0.357 e. The first kappa shape index (κ1) is 28.3. The van der Waals surface area contributed by atoms with Gasteiger partial charge < -0.3 is 15.5 Å². The molecule has 0 aromatic heterocycles. The van der Waals surface area contributed by atoms with Crippen molar-refractivity contribution in [2.75, 3.05) is 32.9 Å². The summed E-state index contributed by atoms with van der Waals surface area (Å²) in [5.41, 5.74) is -0.476. The van der Waals surface area contributed by atoms with Gasteiger partial charge in [0.1, 0.15) is 11.8 Å². The molecule has 0 heterocycles. The van der Waals surface area contributed by atoms with Gasteiger partial charge in [-0.1, -0.05) is 60.2 Å². The maximum Gasteiger partial charge on any atom is 0.243 e. The molecule has 0 aliphatic carbocycles. The first-order valence-electron chi connectivity index (χ1n) is 10.6. The fourth-order valence-corrected chi connectivity index (χ4v) is 3.83. The summed E-state index contributed by atoms with van der Waals surface area (Å²) in [5, 5.41) is 5.93. The smallest absolute Gasteiger partial charge is 0.243 e. The Labute approximate surface area is 188 Å². The van der Waals surface area contributed by atoms with Crippen LogP contribution in [0, 0.1) is 5.41 Å². The summed E-state index contributed by atoms with van der Waals surface area (Å²) in [7, 11) is 3.68. The Morgan fingerprint density at radius 1 is 1.03 bits per heavy atom. The Balaban J connectivity index is 4.74. The number of nitrogens with one attached hydrogen (secondary N) is 2. The fourth-order valence-electron chi connectivity index (χ4n) is 2.60. The van der Waals surface area contributed by atoms with Gasteiger partial charge in [0, 0.05) is 36.7 Å². The Bertz CT molecular complexity index is 525. The highest BCUT2D eigenvalue weighted by molar-refractivity contribution is 8.00. The highest BCUT2D eigenvalue weighted by atomic mass is 32.2. The molecule has 0 rings (SSSR count). The summed E-state index contributed by atoms with van der Waals surface area (Å²) < 4.78 is 0.309. The van der Waals surface area contributed by atoms with Crippen LogP contribution in [0.3, 0.4) is 0 Å². The van der Waals surface area contributed by atoms with Gasteiger partial charge in [-0.05, 0) is 32.1 Å². The predicted octanol–water partition coefficient (Wildman–Crippen LogP) is 4.05. The average molecular weight is 446 g/mol. The van der Waals surface area contributed by atoms with E-state index in [1.807, 2.05) is 51.5 Å². The molecule has 0 saturated heterocycles. The second-order valence-corrected chi connectivity index (χ2v) is 12.0. The van der Waals surface area contributed by atoms with Crippen molar-refractivity contribution in [3.05, 3.63) is 0 Å². The van der Waals surface area contributed by atoms with E-state index < -0.39 is 11.5 Å². The lowest BCUT2D eigenvalue weighted by atomic mass is 9.86. The Kier molecular flexibility index (Phi) is 13.3. The molecule has 0 bridgehead atoms. The first-order valence-corrected chi connectivity index (χ1v) is 12.0. The minimum Gasteiger partial charge on any atom is -0.357 e. The molecule has 0 aromatic rings. The lowest BCUT2D eigenvalue weighted by Gasteiger charge is -2.31. The standard InChI is InChI=1S/C22H43N3O2S2/c1-21(2,3)18(26)16-17(20(27)24-14-13-23-7)25(8)19(28)12-10-9-11-15-29-22(4,5)6/h17,23H,9-16H2,1-8H3,(H,24,27). The van der Waals surface area contributed by atoms with Crippen molar-refractivity contribution in [1.29, 1.82) is 0 Å². The number of amides is 1. The molecule has 5 nitrogen and oxygen atoms in total. The van der Waals surface area contributed by atoms with Crippen molar-refractivity contribution in [1.82, 2.24) is 15.5 Å². The van der Waals surface area contributed by atoms with Gasteiger partial charge in [0.15, 0.2) is 0 Å². The Morgan fingerprint density at radius 3 is 2.17 bits per heavy atom. The molecule has 0 aromatic carbocycles. The molecule has 0 radical (unpaired) electrons. The number of nitrogens with zero attached hydrogens (tertiary/aromatic N) is 1. The van der Waals surface area contributed by atoms with Crippen LogP contribution in [0.15, 0.2) is 0 Å². The van der Waals surface area contributed by atoms with Gasteiger partial charge in [-0.15, -0.1) is 0 Å². The number of hydrogen-bond acceptors (Lipinski definition) is 5. The fraction of sp³-hybridized carbons (Fsp3) is 0.864. The van der Waals surface area contributed by atoms with E-state index in [4.69, 9.17) is 12.2 Å². The highest BCUT2D eigenvalue weighted by Crippen LogP contribution is 2.24. The summed E-state index contributed by atoms with van der Waals surface area (Å²) in [5.74, 6) is 1.09. The summed E-state index contributed by atoms with van der Waals surface area (Å²) in [6.45, 7) is 13.6. The zero-order chi connectivity index (χ0) is 22.7. The number of carbonyl (C=O) groups excluding carboxylic acids is 2. The van der Waals surface area contributed by atoms with Crippen molar-refractivity contribution >= 4 is 40.7 Å². The van der Waals surface area contributed by atoms with E-state index in [0.29, 0.717) is 17.8 Å². The molecule has 2 N–H and O–H groups in total. The predicted molar refractivity (Wildman–Crippen MR) is 131 cm³/mol. The van der Waals surface area contributed by atoms with Crippen LogP contribution in [0.1, 0.15) is 73.6 Å². The van der Waals surface area contributed by atoms with Crippen LogP contribution >= 0.6 is 24.0 Å². The first-order chi connectivity index (χ1) is 13.3. The minimum absolute atomic E-state index is 0.0696. The van der Waals surface area contributed by atoms with Gasteiger partial charge in [-0.25, -0.2) is 0 Å². The number of carbonyl (C=O) groups is 2. The maximum absolute atomic E-state index is 12.7. The van der Waals surface area contributed by atoms with Gasteiger partial charge in [0.25, 0.3) is 0 Å². The average Bonchev–Trinajstić information content (AvgIpc) is 2.59. The molecule has 1 amide bonds. The third kappa shape index (κ3) is 13.3. The Morgan fingerprint density at radius 2 is 1.66 bits per heavy atom. The number of hydrogen-bond donors (Lipinski definition) is 2. The number of rotatable bonds is 13. The van der Waals surface area contributed by atoms with Gasteiger partial charge >= 0.3 is 0 Å². The second-order valence-electron chi connectivity index (χ2n) is 9.56. The van der Waals surface area contributed by atoms with Crippen LogP contribution in [-0.4, -0.2) is 65.3 Å². The third-order valence-electron chi connectivity index (χ3n) is 4.62. The van der Waals surface area contributed by atoms with Crippen molar-refractivity contribution in [2.45, 2.75) is 84.4 Å². The molecule has 0 fully saturated rings. The number of ketones is 1. The summed E-state index contributed by atoms with van der Waals surface area (Å²) in [6, 6.07) is -0.553. The van der Waals surface area contributed by atoms with Crippen LogP contribution in [-0.2, 0) is 9.59 Å². The van der Waals surface area contributed by atoms with Gasteiger partial charge in [-0.2, -0.15) is 11.8 Å². The minimum atomic E-state index is -0.553. The van der Waals surface area contributed by atoms with Crippen LogP contribution < -0.4 is 10.6 Å². The van der Waals surface area contributed by atoms with Crippen molar-refractivity contribution < 1.29 is 9.59 Å². The summed E-state index contributed by atoms with van der Waals surface area (Å²) in [4.78, 5) is 27.9. The number of thiocarbonyl (C=S) groups is 1. The van der Waals surface area contributed by atoms with E-state index in [2.05, 4.69) is 31.4 Å². The van der Waals surface area contributed by atoms with Crippen molar-refractivity contribution in [3.8, 4) is 0 Å². The monoisotopic (exact) mass is 445 g/mol. The van der Waals surface area contributed by atoms with E-state index in [0.717, 1.165) is 30.0 Å².